The summed E-state index contributed by atoms with van der Waals surface area (Å²) in [5.41, 5.74) is 6.82. The summed E-state index contributed by atoms with van der Waals surface area (Å²) >= 11 is 5.10. The zero-order valence-corrected chi connectivity index (χ0v) is 11.0. The molecule has 0 aliphatic carbocycles. The average Bonchev–Trinajstić information content (AvgIpc) is 2.09. The van der Waals surface area contributed by atoms with E-state index in [1.807, 2.05) is 22.6 Å². The second-order valence-electron chi connectivity index (χ2n) is 2.72. The fourth-order valence-electron chi connectivity index (χ4n) is 0.906. The Balaban J connectivity index is 2.87. The number of nitrogens with two attached hydrogens (primary N) is 1. The van der Waals surface area contributed by atoms with Gasteiger partial charge in [0.2, 0.25) is 0 Å². The van der Waals surface area contributed by atoms with Crippen LogP contribution in [0.3, 0.4) is 0 Å². The number of anilines is 2. The predicted octanol–water partition coefficient (Wildman–Crippen LogP) is 3.33. The van der Waals surface area contributed by atoms with E-state index >= 15 is 0 Å². The molecule has 3 N–H and O–H groups in total. The first-order valence-corrected chi connectivity index (χ1v) is 5.69. The van der Waals surface area contributed by atoms with Gasteiger partial charge < -0.3 is 11.1 Å². The van der Waals surface area contributed by atoms with Crippen molar-refractivity contribution in [2.24, 2.45) is 0 Å². The molecule has 0 saturated heterocycles. The summed E-state index contributed by atoms with van der Waals surface area (Å²) in [5, 5.41) is 2.97. The highest BCUT2D eigenvalue weighted by Gasteiger charge is 2.05. The van der Waals surface area contributed by atoms with Crippen molar-refractivity contribution in [2.75, 3.05) is 17.6 Å². The van der Waals surface area contributed by atoms with Crippen molar-refractivity contribution in [1.82, 2.24) is 0 Å². The van der Waals surface area contributed by atoms with Crippen LogP contribution >= 0.6 is 38.5 Å². The van der Waals surface area contributed by atoms with Crippen LogP contribution in [0.1, 0.15) is 0 Å². The minimum atomic E-state index is -0.275. The molecule has 0 aromatic heterocycles. The molecule has 76 valence electrons. The topological polar surface area (TPSA) is 38.0 Å². The van der Waals surface area contributed by atoms with E-state index in [4.69, 9.17) is 5.73 Å². The fraction of sp³-hybridized carbons (Fsp3) is 0.111. The minimum absolute atomic E-state index is 0.275. The summed E-state index contributed by atoms with van der Waals surface area (Å²) in [4.78, 5) is 0. The first kappa shape index (κ1) is 11.8. The molecule has 0 saturated carbocycles. The van der Waals surface area contributed by atoms with Gasteiger partial charge in [0.05, 0.1) is 14.9 Å². The van der Waals surface area contributed by atoms with Crippen LogP contribution in [0, 0.1) is 9.39 Å². The molecule has 0 amide bonds. The molecule has 0 fully saturated rings. The lowest BCUT2D eigenvalue weighted by Crippen LogP contribution is -2.04. The van der Waals surface area contributed by atoms with Gasteiger partial charge in [0.1, 0.15) is 5.82 Å². The van der Waals surface area contributed by atoms with Crippen molar-refractivity contribution in [3.63, 3.8) is 0 Å². The van der Waals surface area contributed by atoms with E-state index in [2.05, 4.69) is 27.8 Å². The van der Waals surface area contributed by atoms with Crippen molar-refractivity contribution in [2.45, 2.75) is 0 Å². The highest BCUT2D eigenvalue weighted by atomic mass is 127. The highest BCUT2D eigenvalue weighted by molar-refractivity contribution is 14.1. The van der Waals surface area contributed by atoms with Gasteiger partial charge in [-0.15, -0.1) is 0 Å². The van der Waals surface area contributed by atoms with Crippen LogP contribution in [-0.4, -0.2) is 6.54 Å². The van der Waals surface area contributed by atoms with E-state index in [0.717, 1.165) is 4.48 Å². The lowest BCUT2D eigenvalue weighted by molar-refractivity contribution is 0.621. The van der Waals surface area contributed by atoms with Gasteiger partial charge in [0.15, 0.2) is 0 Å². The fourth-order valence-corrected chi connectivity index (χ4v) is 1.54. The number of nitrogen functional groups attached to an aromatic ring is 1. The van der Waals surface area contributed by atoms with Crippen molar-refractivity contribution in [3.8, 4) is 0 Å². The summed E-state index contributed by atoms with van der Waals surface area (Å²) in [7, 11) is 0. The Bertz CT molecular complexity index is 368. The molecule has 0 aliphatic heterocycles. The van der Waals surface area contributed by atoms with Gasteiger partial charge in [0, 0.05) is 17.1 Å². The highest BCUT2D eigenvalue weighted by Crippen LogP contribution is 2.24. The van der Waals surface area contributed by atoms with Crippen LogP contribution in [0.25, 0.3) is 0 Å². The molecule has 0 atom stereocenters. The molecule has 0 aliphatic rings. The van der Waals surface area contributed by atoms with Crippen LogP contribution < -0.4 is 11.1 Å². The number of halogens is 3. The second kappa shape index (κ2) is 4.97. The Morgan fingerprint density at radius 3 is 2.86 bits per heavy atom. The lowest BCUT2D eigenvalue weighted by Gasteiger charge is -2.09. The van der Waals surface area contributed by atoms with Crippen molar-refractivity contribution in [3.05, 3.63) is 32.6 Å². The van der Waals surface area contributed by atoms with Gasteiger partial charge in [-0.25, -0.2) is 4.39 Å². The molecular formula is C9H9BrFIN2. The first-order valence-electron chi connectivity index (χ1n) is 3.82. The molecule has 1 aromatic rings. The van der Waals surface area contributed by atoms with Gasteiger partial charge in [-0.2, -0.15) is 0 Å². The predicted molar refractivity (Wildman–Crippen MR) is 70.1 cm³/mol. The number of hydrogen-bond donors (Lipinski definition) is 2. The molecule has 0 radical (unpaired) electrons. The SMILES string of the molecule is C=C(Br)CNc1cc(F)c(I)cc1N. The van der Waals surface area contributed by atoms with Gasteiger partial charge in [-0.3, -0.25) is 0 Å². The van der Waals surface area contributed by atoms with Crippen LogP contribution in [-0.2, 0) is 0 Å². The standard InChI is InChI=1S/C9H9BrFIN2/c1-5(10)4-14-9-2-6(11)7(12)3-8(9)13/h2-3,14H,1,4,13H2. The van der Waals surface area contributed by atoms with E-state index in [1.54, 1.807) is 6.07 Å². The van der Waals surface area contributed by atoms with E-state index in [1.165, 1.54) is 6.07 Å². The van der Waals surface area contributed by atoms with Gasteiger partial charge >= 0.3 is 0 Å². The maximum absolute atomic E-state index is 13.1. The molecule has 2 nitrogen and oxygen atoms in total. The Morgan fingerprint density at radius 2 is 2.29 bits per heavy atom. The summed E-state index contributed by atoms with van der Waals surface area (Å²) < 4.78 is 14.5. The molecule has 0 bridgehead atoms. The van der Waals surface area contributed by atoms with Crippen LogP contribution in [0.4, 0.5) is 15.8 Å². The number of hydrogen-bond acceptors (Lipinski definition) is 2. The van der Waals surface area contributed by atoms with E-state index in [0.29, 0.717) is 21.5 Å². The van der Waals surface area contributed by atoms with Crippen molar-refractivity contribution < 1.29 is 4.39 Å². The quantitative estimate of drug-likeness (QED) is 0.632. The Labute approximate surface area is 104 Å². The molecule has 0 unspecified atom stereocenters. The molecule has 5 heteroatoms. The van der Waals surface area contributed by atoms with E-state index in [-0.39, 0.29) is 5.82 Å². The second-order valence-corrected chi connectivity index (χ2v) is 5.01. The minimum Gasteiger partial charge on any atom is -0.397 e. The number of benzene rings is 1. The number of rotatable bonds is 3. The molecular weight excluding hydrogens is 362 g/mol. The Hall–Kier alpha value is -0.300. The van der Waals surface area contributed by atoms with Gasteiger partial charge in [-0.05, 0) is 28.7 Å². The monoisotopic (exact) mass is 370 g/mol. The largest absolute Gasteiger partial charge is 0.397 e. The molecule has 0 heterocycles. The summed E-state index contributed by atoms with van der Waals surface area (Å²) in [6.07, 6.45) is 0. The molecule has 14 heavy (non-hydrogen) atoms. The third-order valence-electron chi connectivity index (χ3n) is 1.56. The maximum Gasteiger partial charge on any atom is 0.138 e. The Kier molecular flexibility index (Phi) is 4.18. The lowest BCUT2D eigenvalue weighted by atomic mass is 10.2. The van der Waals surface area contributed by atoms with Gasteiger partial charge in [-0.1, -0.05) is 22.5 Å². The van der Waals surface area contributed by atoms with E-state index in [9.17, 15) is 4.39 Å². The zero-order valence-electron chi connectivity index (χ0n) is 7.28. The van der Waals surface area contributed by atoms with E-state index < -0.39 is 0 Å². The molecule has 1 rings (SSSR count). The van der Waals surface area contributed by atoms with Crippen LogP contribution in [0.2, 0.25) is 0 Å². The number of nitrogens with one attached hydrogen (secondary N) is 1. The normalized spacial score (nSPS) is 9.93. The first-order chi connectivity index (χ1) is 6.50. The summed E-state index contributed by atoms with van der Waals surface area (Å²) in [6.45, 7) is 4.18. The smallest absolute Gasteiger partial charge is 0.138 e. The summed E-state index contributed by atoms with van der Waals surface area (Å²) in [5.74, 6) is -0.275. The van der Waals surface area contributed by atoms with Crippen LogP contribution in [0.5, 0.6) is 0 Å². The average molecular weight is 371 g/mol. The van der Waals surface area contributed by atoms with Crippen molar-refractivity contribution >= 4 is 49.9 Å². The third-order valence-corrected chi connectivity index (χ3v) is 2.67. The molecule has 1 aromatic carbocycles. The third kappa shape index (κ3) is 3.13. The maximum atomic E-state index is 13.1. The summed E-state index contributed by atoms with van der Waals surface area (Å²) in [6, 6.07) is 2.97. The molecule has 0 spiro atoms. The van der Waals surface area contributed by atoms with Gasteiger partial charge in [0.25, 0.3) is 0 Å². The van der Waals surface area contributed by atoms with Crippen molar-refractivity contribution in [1.29, 1.82) is 0 Å². The Morgan fingerprint density at radius 1 is 1.64 bits per heavy atom. The zero-order chi connectivity index (χ0) is 10.7. The van der Waals surface area contributed by atoms with Crippen LogP contribution in [0.15, 0.2) is 23.2 Å².